The van der Waals surface area contributed by atoms with Crippen LogP contribution in [0, 0.1) is 5.92 Å². The van der Waals surface area contributed by atoms with Gasteiger partial charge >= 0.3 is 0 Å². The van der Waals surface area contributed by atoms with Crippen LogP contribution >= 0.6 is 63.7 Å². The van der Waals surface area contributed by atoms with E-state index in [2.05, 4.69) is 63.7 Å². The fraction of sp³-hybridized carbons (Fsp3) is 1.00. The molecule has 1 rings (SSSR count). The number of alkyl halides is 4. The van der Waals surface area contributed by atoms with Gasteiger partial charge in [0.15, 0.2) is 0 Å². The maximum Gasteiger partial charge on any atom is 0.0274 e. The van der Waals surface area contributed by atoms with Gasteiger partial charge in [-0.1, -0.05) is 63.7 Å². The zero-order chi connectivity index (χ0) is 9.14. The molecular weight excluding hydrogens is 416 g/mol. The Bertz CT molecular complexity index is 139. The van der Waals surface area contributed by atoms with Gasteiger partial charge in [0.05, 0.1) is 0 Å². The summed E-state index contributed by atoms with van der Waals surface area (Å²) >= 11 is 14.6. The fourth-order valence-corrected chi connectivity index (χ4v) is 3.80. The van der Waals surface area contributed by atoms with Crippen LogP contribution in [-0.2, 0) is 0 Å². The minimum atomic E-state index is 0.637. The van der Waals surface area contributed by atoms with Crippen molar-refractivity contribution in [2.75, 3.05) is 5.33 Å². The summed E-state index contributed by atoms with van der Waals surface area (Å²) in [6.07, 6.45) is 3.90. The van der Waals surface area contributed by atoms with E-state index in [0.29, 0.717) is 14.5 Å². The van der Waals surface area contributed by atoms with E-state index in [1.807, 2.05) is 0 Å². The lowest BCUT2D eigenvalue weighted by Gasteiger charge is -2.32. The van der Waals surface area contributed by atoms with Crippen molar-refractivity contribution in [2.45, 2.75) is 33.7 Å². The Morgan fingerprint density at radius 2 is 1.83 bits per heavy atom. The fourth-order valence-electron chi connectivity index (χ4n) is 1.56. The molecule has 0 bridgehead atoms. The molecule has 0 amide bonds. The van der Waals surface area contributed by atoms with Gasteiger partial charge in [0.25, 0.3) is 0 Å². The number of halogens is 4. The highest BCUT2D eigenvalue weighted by atomic mass is 79.9. The van der Waals surface area contributed by atoms with E-state index >= 15 is 0 Å². The SMILES string of the molecule is BrC[C@H](Br)[C@@H]1CC[C@@H](Br)[C@@H](Br)C1. The van der Waals surface area contributed by atoms with E-state index in [0.717, 1.165) is 11.2 Å². The topological polar surface area (TPSA) is 0 Å². The lowest BCUT2D eigenvalue weighted by Crippen LogP contribution is -2.30. The number of hydrogen-bond acceptors (Lipinski definition) is 0. The van der Waals surface area contributed by atoms with Gasteiger partial charge in [0, 0.05) is 19.8 Å². The first-order valence-electron chi connectivity index (χ1n) is 4.13. The third-order valence-corrected chi connectivity index (χ3v) is 7.85. The molecule has 4 atom stereocenters. The van der Waals surface area contributed by atoms with Gasteiger partial charge in [-0.05, 0) is 25.2 Å². The largest absolute Gasteiger partial charge is 0.0916 e. The number of rotatable bonds is 2. The molecule has 0 aromatic rings. The Kier molecular flexibility index (Phi) is 5.71. The molecule has 1 aliphatic carbocycles. The molecule has 1 saturated carbocycles. The van der Waals surface area contributed by atoms with Crippen LogP contribution in [0.15, 0.2) is 0 Å². The van der Waals surface area contributed by atoms with Gasteiger partial charge in [0.1, 0.15) is 0 Å². The molecule has 0 radical (unpaired) electrons. The van der Waals surface area contributed by atoms with Crippen LogP contribution in [-0.4, -0.2) is 19.8 Å². The summed E-state index contributed by atoms with van der Waals surface area (Å²) in [5.41, 5.74) is 0. The van der Waals surface area contributed by atoms with Gasteiger partial charge in [-0.25, -0.2) is 0 Å². The normalized spacial score (nSPS) is 39.5. The van der Waals surface area contributed by atoms with Crippen LogP contribution in [0.25, 0.3) is 0 Å². The second-order valence-corrected chi connectivity index (χ2v) is 7.45. The first-order valence-corrected chi connectivity index (χ1v) is 8.00. The summed E-state index contributed by atoms with van der Waals surface area (Å²) in [7, 11) is 0. The summed E-state index contributed by atoms with van der Waals surface area (Å²) in [5, 5.41) is 1.06. The van der Waals surface area contributed by atoms with Gasteiger partial charge in [0.2, 0.25) is 0 Å². The third kappa shape index (κ3) is 3.25. The zero-order valence-electron chi connectivity index (χ0n) is 6.65. The second-order valence-electron chi connectivity index (χ2n) is 3.28. The van der Waals surface area contributed by atoms with E-state index in [1.54, 1.807) is 0 Å². The number of hydrogen-bond donors (Lipinski definition) is 0. The smallest absolute Gasteiger partial charge is 0.0274 e. The van der Waals surface area contributed by atoms with E-state index in [4.69, 9.17) is 0 Å². The Morgan fingerprint density at radius 1 is 1.17 bits per heavy atom. The van der Waals surface area contributed by atoms with Crippen molar-refractivity contribution in [3.05, 3.63) is 0 Å². The minimum Gasteiger partial charge on any atom is -0.0916 e. The molecule has 1 aliphatic rings. The minimum absolute atomic E-state index is 0.637. The lowest BCUT2D eigenvalue weighted by atomic mass is 9.87. The summed E-state index contributed by atoms with van der Waals surface area (Å²) in [6, 6.07) is 0. The van der Waals surface area contributed by atoms with Crippen molar-refractivity contribution in [1.82, 2.24) is 0 Å². The highest BCUT2D eigenvalue weighted by molar-refractivity contribution is 9.12. The molecule has 0 aromatic heterocycles. The molecule has 4 heteroatoms. The third-order valence-electron chi connectivity index (χ3n) is 2.39. The molecule has 0 saturated heterocycles. The van der Waals surface area contributed by atoms with E-state index < -0.39 is 0 Å². The summed E-state index contributed by atoms with van der Waals surface area (Å²) in [4.78, 5) is 1.96. The van der Waals surface area contributed by atoms with Crippen molar-refractivity contribution in [3.8, 4) is 0 Å². The Morgan fingerprint density at radius 3 is 2.33 bits per heavy atom. The molecular formula is C8H12Br4. The highest BCUT2D eigenvalue weighted by Gasteiger charge is 2.30. The molecule has 12 heavy (non-hydrogen) atoms. The molecule has 0 nitrogen and oxygen atoms in total. The monoisotopic (exact) mass is 424 g/mol. The Hall–Kier alpha value is 1.92. The molecule has 0 spiro atoms. The van der Waals surface area contributed by atoms with Gasteiger partial charge in [-0.3, -0.25) is 0 Å². The zero-order valence-corrected chi connectivity index (χ0v) is 13.0. The Labute approximate surface area is 108 Å². The molecule has 0 N–H and O–H groups in total. The van der Waals surface area contributed by atoms with E-state index in [9.17, 15) is 0 Å². The first kappa shape index (κ1) is 12.0. The average Bonchev–Trinajstić information content (AvgIpc) is 2.08. The Balaban J connectivity index is 2.39. The van der Waals surface area contributed by atoms with Crippen LogP contribution in [0.4, 0.5) is 0 Å². The van der Waals surface area contributed by atoms with Crippen molar-refractivity contribution in [3.63, 3.8) is 0 Å². The van der Waals surface area contributed by atoms with Crippen molar-refractivity contribution in [2.24, 2.45) is 5.92 Å². The average molecular weight is 428 g/mol. The molecule has 0 aliphatic heterocycles. The van der Waals surface area contributed by atoms with Crippen molar-refractivity contribution >= 4 is 63.7 Å². The molecule has 0 unspecified atom stereocenters. The van der Waals surface area contributed by atoms with Crippen LogP contribution < -0.4 is 0 Å². The quantitative estimate of drug-likeness (QED) is 0.570. The van der Waals surface area contributed by atoms with Gasteiger partial charge < -0.3 is 0 Å². The highest BCUT2D eigenvalue weighted by Crippen LogP contribution is 2.37. The van der Waals surface area contributed by atoms with E-state index in [-0.39, 0.29) is 0 Å². The van der Waals surface area contributed by atoms with Gasteiger partial charge in [-0.2, -0.15) is 0 Å². The predicted molar refractivity (Wildman–Crippen MR) is 69.3 cm³/mol. The molecule has 1 fully saturated rings. The molecule has 0 aromatic carbocycles. The van der Waals surface area contributed by atoms with Crippen molar-refractivity contribution < 1.29 is 0 Å². The summed E-state index contributed by atoms with van der Waals surface area (Å²) < 4.78 is 0. The standard InChI is InChI=1S/C8H12Br4/c9-4-8(12)5-1-2-6(10)7(11)3-5/h5-8H,1-4H2/t5-,6-,7+,8+/m1/s1. The predicted octanol–water partition coefficient (Wildman–Crippen LogP) is 4.47. The maximum atomic E-state index is 3.71. The summed E-state index contributed by atoms with van der Waals surface area (Å²) in [5.74, 6) is 0.822. The maximum absolute atomic E-state index is 3.71. The lowest BCUT2D eigenvalue weighted by molar-refractivity contribution is 0.383. The van der Waals surface area contributed by atoms with Crippen LogP contribution in [0.2, 0.25) is 0 Å². The van der Waals surface area contributed by atoms with Crippen LogP contribution in [0.1, 0.15) is 19.3 Å². The first-order chi connectivity index (χ1) is 5.65. The van der Waals surface area contributed by atoms with Crippen LogP contribution in [0.5, 0.6) is 0 Å². The summed E-state index contributed by atoms with van der Waals surface area (Å²) in [6.45, 7) is 0. The van der Waals surface area contributed by atoms with Crippen LogP contribution in [0.3, 0.4) is 0 Å². The van der Waals surface area contributed by atoms with E-state index in [1.165, 1.54) is 19.3 Å². The van der Waals surface area contributed by atoms with Gasteiger partial charge in [-0.15, -0.1) is 0 Å². The molecule has 0 heterocycles. The second kappa shape index (κ2) is 5.72. The molecule has 72 valence electrons. The van der Waals surface area contributed by atoms with Crippen molar-refractivity contribution in [1.29, 1.82) is 0 Å².